The Bertz CT molecular complexity index is 672. The van der Waals surface area contributed by atoms with Gasteiger partial charge in [-0.15, -0.1) is 0 Å². The molecule has 1 unspecified atom stereocenters. The molecule has 0 aromatic heterocycles. The fourth-order valence-electron chi connectivity index (χ4n) is 2.80. The van der Waals surface area contributed by atoms with E-state index in [-0.39, 0.29) is 12.1 Å². The van der Waals surface area contributed by atoms with E-state index in [1.165, 1.54) is 0 Å². The molecule has 4 heteroatoms. The minimum absolute atomic E-state index is 0.0419. The first-order valence-electron chi connectivity index (χ1n) is 6.94. The first-order chi connectivity index (χ1) is 10.1. The number of hydrogen-bond donors (Lipinski definition) is 1. The highest BCUT2D eigenvalue weighted by atomic mass is 35.5. The van der Waals surface area contributed by atoms with Gasteiger partial charge in [0.25, 0.3) is 0 Å². The summed E-state index contributed by atoms with van der Waals surface area (Å²) in [5.74, 6) is 1.57. The highest BCUT2D eigenvalue weighted by Gasteiger charge is 2.28. The Morgan fingerprint density at radius 1 is 1.19 bits per heavy atom. The molecule has 1 heterocycles. The van der Waals surface area contributed by atoms with E-state index >= 15 is 0 Å². The summed E-state index contributed by atoms with van der Waals surface area (Å²) < 4.78 is 11.4. The van der Waals surface area contributed by atoms with Gasteiger partial charge in [0.1, 0.15) is 17.6 Å². The highest BCUT2D eigenvalue weighted by Crippen LogP contribution is 2.42. The van der Waals surface area contributed by atoms with Crippen LogP contribution in [0.1, 0.15) is 35.3 Å². The molecule has 0 spiro atoms. The monoisotopic (exact) mass is 303 g/mol. The molecule has 2 N–H and O–H groups in total. The van der Waals surface area contributed by atoms with Crippen molar-refractivity contribution in [1.29, 1.82) is 0 Å². The maximum Gasteiger partial charge on any atom is 0.128 e. The third-order valence-electron chi connectivity index (χ3n) is 3.94. The van der Waals surface area contributed by atoms with Gasteiger partial charge in [-0.25, -0.2) is 0 Å². The topological polar surface area (TPSA) is 44.5 Å². The van der Waals surface area contributed by atoms with Crippen LogP contribution in [-0.2, 0) is 0 Å². The normalized spacial score (nSPS) is 20.6. The summed E-state index contributed by atoms with van der Waals surface area (Å²) >= 11 is 6.02. The maximum absolute atomic E-state index is 6.30. The number of rotatable bonds is 2. The Hall–Kier alpha value is -1.71. The van der Waals surface area contributed by atoms with Gasteiger partial charge >= 0.3 is 0 Å². The predicted octanol–water partition coefficient (Wildman–Crippen LogP) is 4.18. The minimum atomic E-state index is -0.0585. The molecule has 0 aliphatic carbocycles. The zero-order valence-corrected chi connectivity index (χ0v) is 12.9. The van der Waals surface area contributed by atoms with Crippen LogP contribution in [0.2, 0.25) is 5.02 Å². The molecular weight excluding hydrogens is 286 g/mol. The number of nitrogens with two attached hydrogens (primary N) is 1. The van der Waals surface area contributed by atoms with E-state index in [0.29, 0.717) is 0 Å². The first kappa shape index (κ1) is 14.2. The Kier molecular flexibility index (Phi) is 3.79. The SMILES string of the molecule is COc1ccc2c(c1)OC(c1ccc(Cl)cc1C)C[C@@H]2N. The quantitative estimate of drug-likeness (QED) is 0.905. The van der Waals surface area contributed by atoms with Gasteiger partial charge in [0.05, 0.1) is 7.11 Å². The molecule has 2 aromatic rings. The fourth-order valence-corrected chi connectivity index (χ4v) is 3.03. The number of hydrogen-bond acceptors (Lipinski definition) is 3. The number of aryl methyl sites for hydroxylation is 1. The van der Waals surface area contributed by atoms with E-state index in [1.807, 2.05) is 43.3 Å². The van der Waals surface area contributed by atoms with Crippen LogP contribution in [0.5, 0.6) is 11.5 Å². The number of fused-ring (bicyclic) bond motifs is 1. The van der Waals surface area contributed by atoms with Crippen LogP contribution in [0.4, 0.5) is 0 Å². The Morgan fingerprint density at radius 3 is 2.67 bits per heavy atom. The standard InChI is InChI=1S/C17H18ClNO2/c1-10-7-11(18)3-5-13(10)17-9-15(19)14-6-4-12(20-2)8-16(14)21-17/h3-8,15,17H,9,19H2,1-2H3/t15-,17?/m0/s1. The summed E-state index contributed by atoms with van der Waals surface area (Å²) in [5, 5.41) is 0.735. The van der Waals surface area contributed by atoms with Gasteiger partial charge in [-0.1, -0.05) is 23.7 Å². The van der Waals surface area contributed by atoms with Crippen molar-refractivity contribution in [1.82, 2.24) is 0 Å². The zero-order valence-electron chi connectivity index (χ0n) is 12.1. The Labute approximate surface area is 129 Å². The molecule has 1 aliphatic heterocycles. The Balaban J connectivity index is 1.96. The summed E-state index contributed by atoms with van der Waals surface area (Å²) in [5.41, 5.74) is 9.57. The summed E-state index contributed by atoms with van der Waals surface area (Å²) in [6, 6.07) is 11.6. The van der Waals surface area contributed by atoms with Gasteiger partial charge in [-0.3, -0.25) is 0 Å². The van der Waals surface area contributed by atoms with Crippen molar-refractivity contribution in [2.45, 2.75) is 25.5 Å². The molecule has 0 saturated heterocycles. The van der Waals surface area contributed by atoms with Crippen LogP contribution in [0.25, 0.3) is 0 Å². The lowest BCUT2D eigenvalue weighted by Gasteiger charge is -2.31. The zero-order chi connectivity index (χ0) is 15.0. The van der Waals surface area contributed by atoms with Crippen molar-refractivity contribution in [3.8, 4) is 11.5 Å². The van der Waals surface area contributed by atoms with Gasteiger partial charge < -0.3 is 15.2 Å². The lowest BCUT2D eigenvalue weighted by atomic mass is 9.91. The summed E-state index contributed by atoms with van der Waals surface area (Å²) in [6.45, 7) is 2.04. The van der Waals surface area contributed by atoms with Crippen molar-refractivity contribution >= 4 is 11.6 Å². The van der Waals surface area contributed by atoms with Crippen LogP contribution in [0.15, 0.2) is 36.4 Å². The third-order valence-corrected chi connectivity index (χ3v) is 4.17. The largest absolute Gasteiger partial charge is 0.497 e. The predicted molar refractivity (Wildman–Crippen MR) is 84.1 cm³/mol. The third kappa shape index (κ3) is 2.71. The van der Waals surface area contributed by atoms with Crippen molar-refractivity contribution < 1.29 is 9.47 Å². The molecular formula is C17H18ClNO2. The van der Waals surface area contributed by atoms with Crippen LogP contribution >= 0.6 is 11.6 Å². The van der Waals surface area contributed by atoms with Crippen molar-refractivity contribution in [2.75, 3.05) is 7.11 Å². The van der Waals surface area contributed by atoms with Gasteiger partial charge in [0, 0.05) is 29.1 Å². The van der Waals surface area contributed by atoms with E-state index in [0.717, 1.165) is 39.6 Å². The average Bonchev–Trinajstić information content (AvgIpc) is 2.46. The van der Waals surface area contributed by atoms with Crippen LogP contribution < -0.4 is 15.2 Å². The molecule has 21 heavy (non-hydrogen) atoms. The number of halogens is 1. The highest BCUT2D eigenvalue weighted by molar-refractivity contribution is 6.30. The minimum Gasteiger partial charge on any atom is -0.497 e. The second-order valence-electron chi connectivity index (χ2n) is 5.35. The van der Waals surface area contributed by atoms with E-state index < -0.39 is 0 Å². The summed E-state index contributed by atoms with van der Waals surface area (Å²) in [7, 11) is 1.64. The van der Waals surface area contributed by atoms with E-state index in [4.69, 9.17) is 26.8 Å². The molecule has 2 aromatic carbocycles. The molecule has 2 atom stereocenters. The second-order valence-corrected chi connectivity index (χ2v) is 5.79. The van der Waals surface area contributed by atoms with Crippen molar-refractivity contribution in [3.63, 3.8) is 0 Å². The average molecular weight is 304 g/mol. The number of ether oxygens (including phenoxy) is 2. The molecule has 0 radical (unpaired) electrons. The smallest absolute Gasteiger partial charge is 0.128 e. The van der Waals surface area contributed by atoms with Gasteiger partial charge in [0.2, 0.25) is 0 Å². The van der Waals surface area contributed by atoms with Crippen LogP contribution in [-0.4, -0.2) is 7.11 Å². The van der Waals surface area contributed by atoms with Crippen LogP contribution in [0.3, 0.4) is 0 Å². The van der Waals surface area contributed by atoms with Gasteiger partial charge in [-0.2, -0.15) is 0 Å². The molecule has 3 nitrogen and oxygen atoms in total. The summed E-state index contributed by atoms with van der Waals surface area (Å²) in [4.78, 5) is 0. The van der Waals surface area contributed by atoms with Crippen molar-refractivity contribution in [2.24, 2.45) is 5.73 Å². The summed E-state index contributed by atoms with van der Waals surface area (Å²) in [6.07, 6.45) is 0.693. The van der Waals surface area contributed by atoms with E-state index in [1.54, 1.807) is 7.11 Å². The van der Waals surface area contributed by atoms with Crippen molar-refractivity contribution in [3.05, 3.63) is 58.1 Å². The maximum atomic E-state index is 6.30. The Morgan fingerprint density at radius 2 is 1.95 bits per heavy atom. The number of methoxy groups -OCH3 is 1. The molecule has 1 aliphatic rings. The molecule has 0 saturated carbocycles. The lowest BCUT2D eigenvalue weighted by Crippen LogP contribution is -2.24. The first-order valence-corrected chi connectivity index (χ1v) is 7.32. The lowest BCUT2D eigenvalue weighted by molar-refractivity contribution is 0.160. The molecule has 0 amide bonds. The van der Waals surface area contributed by atoms with E-state index in [2.05, 4.69) is 0 Å². The molecule has 0 bridgehead atoms. The molecule has 3 rings (SSSR count). The fraction of sp³-hybridized carbons (Fsp3) is 0.294. The van der Waals surface area contributed by atoms with Gasteiger partial charge in [0.15, 0.2) is 0 Å². The second kappa shape index (κ2) is 5.58. The van der Waals surface area contributed by atoms with Gasteiger partial charge in [-0.05, 0) is 36.2 Å². The van der Waals surface area contributed by atoms with Crippen LogP contribution in [0, 0.1) is 6.92 Å². The number of benzene rings is 2. The molecule has 110 valence electrons. The van der Waals surface area contributed by atoms with E-state index in [9.17, 15) is 0 Å². The molecule has 0 fully saturated rings.